The van der Waals surface area contributed by atoms with Crippen molar-refractivity contribution in [3.05, 3.63) is 181 Å². The lowest BCUT2D eigenvalue weighted by atomic mass is 9.99. The van der Waals surface area contributed by atoms with Crippen molar-refractivity contribution >= 4 is 81.0 Å². The molecule has 0 spiro atoms. The molecule has 9 aromatic rings. The zero-order valence-electron chi connectivity index (χ0n) is 27.4. The highest BCUT2D eigenvalue weighted by Crippen LogP contribution is 2.44. The Balaban J connectivity index is 1.18. The van der Waals surface area contributed by atoms with Crippen LogP contribution in [0.3, 0.4) is 0 Å². The second-order valence-electron chi connectivity index (χ2n) is 12.5. The van der Waals surface area contributed by atoms with Crippen LogP contribution >= 0.6 is 16.2 Å². The van der Waals surface area contributed by atoms with Crippen molar-refractivity contribution in [3.8, 4) is 0 Å². The van der Waals surface area contributed by atoms with E-state index in [0.717, 1.165) is 61.6 Å². The number of hydrogen-bond donors (Lipinski definition) is 0. The molecule has 50 heavy (non-hydrogen) atoms. The van der Waals surface area contributed by atoms with E-state index >= 15 is 0 Å². The highest BCUT2D eigenvalue weighted by atomic mass is 31.1. The fourth-order valence-electron chi connectivity index (χ4n) is 7.13. The Morgan fingerprint density at radius 2 is 0.980 bits per heavy atom. The van der Waals surface area contributed by atoms with E-state index in [9.17, 15) is 0 Å². The van der Waals surface area contributed by atoms with Gasteiger partial charge in [-0.2, -0.15) is 0 Å². The third-order valence-electron chi connectivity index (χ3n) is 9.50. The van der Waals surface area contributed by atoms with Crippen LogP contribution in [0.15, 0.2) is 184 Å². The van der Waals surface area contributed by atoms with Gasteiger partial charge in [0.05, 0.1) is 6.10 Å². The summed E-state index contributed by atoms with van der Waals surface area (Å²) in [6.45, 7) is 0. The van der Waals surface area contributed by atoms with E-state index in [0.29, 0.717) is 0 Å². The lowest BCUT2D eigenvalue weighted by molar-refractivity contribution is 0.258. The summed E-state index contributed by atoms with van der Waals surface area (Å²) < 4.78 is 20.7. The Labute approximate surface area is 293 Å². The smallest absolute Gasteiger partial charge is 0.388 e. The van der Waals surface area contributed by atoms with E-state index in [1.165, 1.54) is 21.4 Å². The molecule has 1 heterocycles. The first-order chi connectivity index (χ1) is 24.8. The largest absolute Gasteiger partial charge is 0.399 e. The molecule has 0 N–H and O–H groups in total. The molecule has 3 nitrogen and oxygen atoms in total. The Kier molecular flexibility index (Phi) is 8.41. The number of rotatable bonds is 8. The first-order valence-corrected chi connectivity index (χ1v) is 19.6. The second-order valence-corrected chi connectivity index (χ2v) is 15.8. The van der Waals surface area contributed by atoms with Gasteiger partial charge in [0.25, 0.3) is 0 Å². The molecule has 2 atom stereocenters. The van der Waals surface area contributed by atoms with E-state index in [2.05, 4.69) is 176 Å². The quantitative estimate of drug-likeness (QED) is 0.149. The van der Waals surface area contributed by atoms with Crippen molar-refractivity contribution in [1.82, 2.24) is 0 Å². The van der Waals surface area contributed by atoms with Crippen molar-refractivity contribution in [2.75, 3.05) is 6.16 Å². The van der Waals surface area contributed by atoms with E-state index in [-0.39, 0.29) is 6.10 Å². The minimum atomic E-state index is -1.81. The van der Waals surface area contributed by atoms with Crippen LogP contribution in [-0.4, -0.2) is 6.16 Å². The van der Waals surface area contributed by atoms with Crippen LogP contribution in [0, 0.1) is 0 Å². The van der Waals surface area contributed by atoms with Gasteiger partial charge in [0.2, 0.25) is 0 Å². The standard InChI is InChI=1S/C45H34O3P2/c1-3-17-35(18-4-1)40(30-31-49(36-20-5-2-6-21-36)43-25-13-19-32-14-7-10-22-37(32)43)46-50-47-41-28-26-33-15-8-11-23-38(33)44(41)45-39-24-12-9-16-34(39)27-29-42(45)48-50/h1-29,40H,30-31H2/t40-,49?/m0/s1. The van der Waals surface area contributed by atoms with Gasteiger partial charge in [0, 0.05) is 10.8 Å². The summed E-state index contributed by atoms with van der Waals surface area (Å²) in [5.74, 6) is 0. The molecule has 0 bridgehead atoms. The van der Waals surface area contributed by atoms with E-state index in [4.69, 9.17) is 12.9 Å². The van der Waals surface area contributed by atoms with Gasteiger partial charge in [-0.05, 0) is 81.1 Å². The molecule has 5 heteroatoms. The number of benzene rings is 8. The molecular formula is C45H34O3P2. The molecule has 1 aromatic heterocycles. The number of hydrogen-bond acceptors (Lipinski definition) is 3. The van der Waals surface area contributed by atoms with Crippen LogP contribution in [0.4, 0.5) is 0 Å². The van der Waals surface area contributed by atoms with Crippen LogP contribution in [0.1, 0.15) is 18.1 Å². The lowest BCUT2D eigenvalue weighted by Crippen LogP contribution is -2.17. The van der Waals surface area contributed by atoms with Crippen LogP contribution < -0.4 is 15.1 Å². The van der Waals surface area contributed by atoms with Gasteiger partial charge in [-0.3, -0.25) is 4.52 Å². The molecule has 9 rings (SSSR count). The molecule has 0 aliphatic carbocycles. The van der Waals surface area contributed by atoms with Gasteiger partial charge in [0.15, 0.2) is 0 Å². The minimum absolute atomic E-state index is 0.239. The summed E-state index contributed by atoms with van der Waals surface area (Å²) >= 11 is 0. The topological polar surface area (TPSA) is 35.5 Å². The summed E-state index contributed by atoms with van der Waals surface area (Å²) in [5, 5.41) is 12.0. The minimum Gasteiger partial charge on any atom is -0.399 e. The van der Waals surface area contributed by atoms with Crippen molar-refractivity contribution in [2.24, 2.45) is 0 Å². The van der Waals surface area contributed by atoms with Gasteiger partial charge in [0.1, 0.15) is 11.2 Å². The second kappa shape index (κ2) is 13.6. The predicted molar refractivity (Wildman–Crippen MR) is 213 cm³/mol. The molecule has 0 radical (unpaired) electrons. The summed E-state index contributed by atoms with van der Waals surface area (Å²) in [7, 11) is -2.49. The average Bonchev–Trinajstić information content (AvgIpc) is 3.35. The van der Waals surface area contributed by atoms with Crippen molar-refractivity contribution in [1.29, 1.82) is 0 Å². The molecule has 0 fully saturated rings. The van der Waals surface area contributed by atoms with Gasteiger partial charge in [-0.15, -0.1) is 0 Å². The Bertz CT molecular complexity index is 2550. The fourth-order valence-corrected chi connectivity index (χ4v) is 10.9. The van der Waals surface area contributed by atoms with Gasteiger partial charge >= 0.3 is 8.24 Å². The monoisotopic (exact) mass is 684 g/mol. The zero-order chi connectivity index (χ0) is 33.3. The Morgan fingerprint density at radius 3 is 1.60 bits per heavy atom. The van der Waals surface area contributed by atoms with Crippen LogP contribution in [0.25, 0.3) is 54.3 Å². The molecular weight excluding hydrogens is 650 g/mol. The SMILES string of the molecule is c1ccc([C@H](CCP(c2ccccc2)c2cccc3ccccc23)Op2oc3ccc4ccccc4c3c3c(ccc4ccccc43)o2)cc1. The van der Waals surface area contributed by atoms with Crippen molar-refractivity contribution in [3.63, 3.8) is 0 Å². The van der Waals surface area contributed by atoms with Crippen LogP contribution in [0.5, 0.6) is 0 Å². The fraction of sp³-hybridized carbons (Fsp3) is 0.0667. The van der Waals surface area contributed by atoms with E-state index < -0.39 is 16.2 Å². The van der Waals surface area contributed by atoms with E-state index in [1.54, 1.807) is 0 Å². The summed E-state index contributed by atoms with van der Waals surface area (Å²) in [5.41, 5.74) is 2.67. The normalized spacial score (nSPS) is 12.9. The summed E-state index contributed by atoms with van der Waals surface area (Å²) in [6.07, 6.45) is 1.50. The highest BCUT2D eigenvalue weighted by molar-refractivity contribution is 7.73. The first-order valence-electron chi connectivity index (χ1n) is 17.0. The molecule has 0 amide bonds. The third-order valence-corrected chi connectivity index (χ3v) is 13.2. The van der Waals surface area contributed by atoms with Crippen LogP contribution in [0.2, 0.25) is 0 Å². The maximum absolute atomic E-state index is 7.04. The zero-order valence-corrected chi connectivity index (χ0v) is 29.1. The molecule has 0 saturated carbocycles. The summed E-state index contributed by atoms with van der Waals surface area (Å²) in [4.78, 5) is 0. The Hall–Kier alpha value is -5.17. The lowest BCUT2D eigenvalue weighted by Gasteiger charge is -2.23. The molecule has 0 aliphatic rings. The van der Waals surface area contributed by atoms with Crippen molar-refractivity contribution in [2.45, 2.75) is 12.5 Å². The average molecular weight is 685 g/mol. The third kappa shape index (κ3) is 5.89. The van der Waals surface area contributed by atoms with Crippen LogP contribution in [-0.2, 0) is 0 Å². The number of fused-ring (bicyclic) bond motifs is 8. The van der Waals surface area contributed by atoms with Gasteiger partial charge in [-0.1, -0.05) is 164 Å². The maximum Gasteiger partial charge on any atom is 0.388 e. The highest BCUT2D eigenvalue weighted by Gasteiger charge is 2.23. The van der Waals surface area contributed by atoms with Gasteiger partial charge < -0.3 is 8.39 Å². The van der Waals surface area contributed by atoms with Crippen molar-refractivity contribution < 1.29 is 12.9 Å². The first kappa shape index (κ1) is 30.9. The predicted octanol–water partition coefficient (Wildman–Crippen LogP) is 12.4. The molecule has 0 aliphatic heterocycles. The maximum atomic E-state index is 7.04. The summed E-state index contributed by atoms with van der Waals surface area (Å²) in [6, 6.07) is 62.3. The molecule has 0 saturated heterocycles. The van der Waals surface area contributed by atoms with E-state index in [1.807, 2.05) is 0 Å². The molecule has 1 unspecified atom stereocenters. The molecule has 8 aromatic carbocycles. The Morgan fingerprint density at radius 1 is 0.480 bits per heavy atom. The van der Waals surface area contributed by atoms with Gasteiger partial charge in [-0.25, -0.2) is 0 Å². The molecule has 242 valence electrons.